The van der Waals surface area contributed by atoms with E-state index in [1.54, 1.807) is 0 Å². The molecule has 0 saturated heterocycles. The van der Waals surface area contributed by atoms with Crippen LogP contribution in [0.25, 0.3) is 10.9 Å². The van der Waals surface area contributed by atoms with Crippen LogP contribution in [0.3, 0.4) is 0 Å². The minimum atomic E-state index is -0.839. The van der Waals surface area contributed by atoms with Crippen molar-refractivity contribution >= 4 is 39.8 Å². The number of fused-ring (bicyclic) bond motifs is 2. The van der Waals surface area contributed by atoms with E-state index in [0.29, 0.717) is 17.0 Å². The summed E-state index contributed by atoms with van der Waals surface area (Å²) in [6, 6.07) is 11.4. The molecule has 0 fully saturated rings. The zero-order valence-corrected chi connectivity index (χ0v) is 17.5. The predicted molar refractivity (Wildman–Crippen MR) is 116 cm³/mol. The summed E-state index contributed by atoms with van der Waals surface area (Å²) in [5.74, 6) is -0.736. The number of carbonyl (C=O) groups is 2. The fraction of sp³-hybridized carbons (Fsp3) is 0.348. The van der Waals surface area contributed by atoms with Crippen molar-refractivity contribution in [2.24, 2.45) is 0 Å². The molecule has 2 aromatic heterocycles. The van der Waals surface area contributed by atoms with Crippen LogP contribution in [0.2, 0.25) is 0 Å². The topological polar surface area (TPSA) is 68.3 Å². The van der Waals surface area contributed by atoms with Crippen LogP contribution in [0.4, 0.5) is 5.69 Å². The van der Waals surface area contributed by atoms with E-state index in [2.05, 4.69) is 10.3 Å². The molecule has 0 radical (unpaired) electrons. The van der Waals surface area contributed by atoms with Crippen molar-refractivity contribution in [3.63, 3.8) is 0 Å². The summed E-state index contributed by atoms with van der Waals surface area (Å²) in [4.78, 5) is 31.9. The summed E-state index contributed by atoms with van der Waals surface area (Å²) in [6.45, 7) is 3.73. The Labute approximate surface area is 174 Å². The standard InChI is InChI=1S/C23H24N2O3S/c1-3-19(28-23(27)21-13-15-8-4-7-11-20(15)29-21)22(26)25-18-12-14(2)24-17-10-6-5-9-16(17)18/h5-6,9-10,12-13,19H,3-4,7-8,11H2,1-2H3,(H,24,25,26). The van der Waals surface area contributed by atoms with Crippen molar-refractivity contribution in [3.8, 4) is 0 Å². The van der Waals surface area contributed by atoms with Gasteiger partial charge in [0.15, 0.2) is 6.10 Å². The largest absolute Gasteiger partial charge is 0.448 e. The number of hydrogen-bond donors (Lipinski definition) is 1. The summed E-state index contributed by atoms with van der Waals surface area (Å²) in [7, 11) is 0. The maximum Gasteiger partial charge on any atom is 0.349 e. The van der Waals surface area contributed by atoms with Crippen molar-refractivity contribution in [2.75, 3.05) is 5.32 Å². The van der Waals surface area contributed by atoms with Gasteiger partial charge >= 0.3 is 5.97 Å². The maximum atomic E-state index is 12.9. The monoisotopic (exact) mass is 408 g/mol. The van der Waals surface area contributed by atoms with Gasteiger partial charge in [-0.3, -0.25) is 9.78 Å². The Kier molecular flexibility index (Phi) is 5.62. The third-order valence-corrected chi connectivity index (χ3v) is 6.43. The van der Waals surface area contributed by atoms with Crippen LogP contribution in [0, 0.1) is 6.92 Å². The zero-order chi connectivity index (χ0) is 20.4. The van der Waals surface area contributed by atoms with Crippen molar-refractivity contribution in [3.05, 3.63) is 57.4 Å². The van der Waals surface area contributed by atoms with Crippen LogP contribution in [0.15, 0.2) is 36.4 Å². The number of anilines is 1. The Morgan fingerprint density at radius 2 is 2.00 bits per heavy atom. The molecule has 1 aromatic carbocycles. The van der Waals surface area contributed by atoms with E-state index < -0.39 is 12.1 Å². The molecule has 0 saturated carbocycles. The van der Waals surface area contributed by atoms with Crippen molar-refractivity contribution in [2.45, 2.75) is 52.1 Å². The molecule has 150 valence electrons. The summed E-state index contributed by atoms with van der Waals surface area (Å²) >= 11 is 1.50. The second-order valence-corrected chi connectivity index (χ2v) is 8.52. The van der Waals surface area contributed by atoms with Gasteiger partial charge in [-0.2, -0.15) is 0 Å². The minimum Gasteiger partial charge on any atom is -0.448 e. The van der Waals surface area contributed by atoms with Crippen molar-refractivity contribution < 1.29 is 14.3 Å². The molecule has 1 unspecified atom stereocenters. The maximum absolute atomic E-state index is 12.9. The molecule has 1 aliphatic rings. The molecular weight excluding hydrogens is 384 g/mol. The molecule has 0 aliphatic heterocycles. The van der Waals surface area contributed by atoms with Crippen LogP contribution >= 0.6 is 11.3 Å². The Hall–Kier alpha value is -2.73. The van der Waals surface area contributed by atoms with Gasteiger partial charge in [-0.1, -0.05) is 25.1 Å². The van der Waals surface area contributed by atoms with Crippen LogP contribution in [-0.2, 0) is 22.4 Å². The average Bonchev–Trinajstić information content (AvgIpc) is 3.16. The number of nitrogens with zero attached hydrogens (tertiary/aromatic N) is 1. The minimum absolute atomic E-state index is 0.321. The fourth-order valence-electron chi connectivity index (χ4n) is 3.73. The SMILES string of the molecule is CCC(OC(=O)c1cc2c(s1)CCCC2)C(=O)Nc1cc(C)nc2ccccc12. The highest BCUT2D eigenvalue weighted by Crippen LogP contribution is 2.30. The van der Waals surface area contributed by atoms with Gasteiger partial charge in [0.05, 0.1) is 11.2 Å². The fourth-order valence-corrected chi connectivity index (χ4v) is 4.86. The number of benzene rings is 1. The molecule has 1 atom stereocenters. The first-order valence-electron chi connectivity index (χ1n) is 10.0. The van der Waals surface area contributed by atoms with Crippen LogP contribution in [0.1, 0.15) is 52.0 Å². The molecule has 1 N–H and O–H groups in total. The van der Waals surface area contributed by atoms with Gasteiger partial charge in [-0.25, -0.2) is 4.79 Å². The molecule has 4 rings (SSSR count). The molecule has 3 aromatic rings. The Balaban J connectivity index is 1.50. The van der Waals surface area contributed by atoms with Gasteiger partial charge in [0.25, 0.3) is 5.91 Å². The average molecular weight is 409 g/mol. The number of aromatic nitrogens is 1. The zero-order valence-electron chi connectivity index (χ0n) is 16.7. The molecule has 29 heavy (non-hydrogen) atoms. The second-order valence-electron chi connectivity index (χ2n) is 7.39. The predicted octanol–water partition coefficient (Wildman–Crippen LogP) is 5.06. The number of carbonyl (C=O) groups excluding carboxylic acids is 2. The number of hydrogen-bond acceptors (Lipinski definition) is 5. The molecule has 0 spiro atoms. The Morgan fingerprint density at radius 3 is 2.79 bits per heavy atom. The number of ether oxygens (including phenoxy) is 1. The van der Waals surface area contributed by atoms with E-state index in [4.69, 9.17) is 4.74 Å². The second kappa shape index (κ2) is 8.33. The number of nitrogens with one attached hydrogen (secondary N) is 1. The summed E-state index contributed by atoms with van der Waals surface area (Å²) < 4.78 is 5.58. The highest BCUT2D eigenvalue weighted by molar-refractivity contribution is 7.14. The quantitative estimate of drug-likeness (QED) is 0.599. The lowest BCUT2D eigenvalue weighted by Gasteiger charge is -2.17. The normalized spacial score (nSPS) is 14.3. The van der Waals surface area contributed by atoms with Gasteiger partial charge in [0.2, 0.25) is 0 Å². The first kappa shape index (κ1) is 19.6. The number of thiophene rings is 1. The third-order valence-electron chi connectivity index (χ3n) is 5.21. The molecule has 1 aliphatic carbocycles. The van der Waals surface area contributed by atoms with Gasteiger partial charge < -0.3 is 10.1 Å². The van der Waals surface area contributed by atoms with E-state index in [-0.39, 0.29) is 5.91 Å². The van der Waals surface area contributed by atoms with Crippen LogP contribution < -0.4 is 5.32 Å². The lowest BCUT2D eigenvalue weighted by atomic mass is 9.99. The number of rotatable bonds is 5. The first-order chi connectivity index (χ1) is 14.0. The van der Waals surface area contributed by atoms with Gasteiger partial charge in [0.1, 0.15) is 4.88 Å². The lowest BCUT2D eigenvalue weighted by Crippen LogP contribution is -2.32. The molecule has 6 heteroatoms. The van der Waals surface area contributed by atoms with Crippen LogP contribution in [-0.4, -0.2) is 23.0 Å². The van der Waals surface area contributed by atoms with E-state index in [9.17, 15) is 9.59 Å². The lowest BCUT2D eigenvalue weighted by molar-refractivity contribution is -0.124. The number of aryl methyl sites for hydroxylation is 3. The Morgan fingerprint density at radius 1 is 1.21 bits per heavy atom. The summed E-state index contributed by atoms with van der Waals surface area (Å²) in [5, 5.41) is 3.79. The van der Waals surface area contributed by atoms with E-state index >= 15 is 0 Å². The smallest absolute Gasteiger partial charge is 0.349 e. The van der Waals surface area contributed by atoms with E-state index in [1.165, 1.54) is 28.2 Å². The number of esters is 1. The molecule has 2 heterocycles. The molecule has 5 nitrogen and oxygen atoms in total. The van der Waals surface area contributed by atoms with Gasteiger partial charge in [-0.15, -0.1) is 11.3 Å². The summed E-state index contributed by atoms with van der Waals surface area (Å²) in [6.07, 6.45) is 3.95. The van der Waals surface area contributed by atoms with E-state index in [1.807, 2.05) is 50.2 Å². The van der Waals surface area contributed by atoms with Gasteiger partial charge in [-0.05, 0) is 62.8 Å². The third kappa shape index (κ3) is 4.17. The Bertz CT molecular complexity index is 1050. The number of para-hydroxylation sites is 1. The molecular formula is C23H24N2O3S. The molecule has 1 amide bonds. The summed E-state index contributed by atoms with van der Waals surface area (Å²) in [5.41, 5.74) is 3.56. The first-order valence-corrected chi connectivity index (χ1v) is 10.9. The number of pyridine rings is 1. The van der Waals surface area contributed by atoms with Gasteiger partial charge in [0, 0.05) is 16.0 Å². The highest BCUT2D eigenvalue weighted by Gasteiger charge is 2.25. The van der Waals surface area contributed by atoms with Crippen molar-refractivity contribution in [1.82, 2.24) is 4.98 Å². The molecule has 0 bridgehead atoms. The highest BCUT2D eigenvalue weighted by atomic mass is 32.1. The van der Waals surface area contributed by atoms with Crippen molar-refractivity contribution in [1.29, 1.82) is 0 Å². The van der Waals surface area contributed by atoms with Crippen LogP contribution in [0.5, 0.6) is 0 Å². The van der Waals surface area contributed by atoms with E-state index in [0.717, 1.165) is 35.9 Å². The number of amides is 1.